The largest absolute Gasteiger partial charge is 0.496 e. The number of benzene rings is 3. The van der Waals surface area contributed by atoms with Crippen molar-refractivity contribution in [2.75, 3.05) is 7.11 Å². The number of ether oxygens (including phenoxy) is 1. The van der Waals surface area contributed by atoms with Gasteiger partial charge in [-0.15, -0.1) is 0 Å². The lowest BCUT2D eigenvalue weighted by Gasteiger charge is -2.07. The summed E-state index contributed by atoms with van der Waals surface area (Å²) in [6.07, 6.45) is 0.917. The molecule has 3 heteroatoms. The lowest BCUT2D eigenvalue weighted by atomic mass is 10.00. The molecule has 0 radical (unpaired) electrons. The van der Waals surface area contributed by atoms with Gasteiger partial charge in [0.05, 0.1) is 24.1 Å². The summed E-state index contributed by atoms with van der Waals surface area (Å²) in [7, 11) is 1.69. The van der Waals surface area contributed by atoms with E-state index in [9.17, 15) is 0 Å². The van der Waals surface area contributed by atoms with Crippen molar-refractivity contribution in [3.8, 4) is 39.7 Å². The van der Waals surface area contributed by atoms with Crippen LogP contribution in [0.2, 0.25) is 0 Å². The molecule has 5 rings (SSSR count). The number of fused-ring (bicyclic) bond motifs is 5. The second-order valence-corrected chi connectivity index (χ2v) is 6.50. The van der Waals surface area contributed by atoms with Crippen molar-refractivity contribution >= 4 is 0 Å². The Hall–Kier alpha value is -3.33. The molecule has 0 unspecified atom stereocenters. The minimum Gasteiger partial charge on any atom is -0.496 e. The number of hydrogen-bond acceptors (Lipinski definition) is 2. The fraction of sp³-hybridized carbons (Fsp3) is 0.0870. The van der Waals surface area contributed by atoms with E-state index in [2.05, 4.69) is 53.5 Å². The molecule has 0 spiro atoms. The molecular weight excluding hydrogens is 320 g/mol. The van der Waals surface area contributed by atoms with E-state index in [0.717, 1.165) is 34.9 Å². The predicted octanol–water partition coefficient (Wildman–Crippen LogP) is 5.32. The SMILES string of the molecule is COc1ccccc1-c1nc2c([nH]1)-c1ccccc1Cc1ccccc1-2. The highest BCUT2D eigenvalue weighted by molar-refractivity contribution is 5.86. The van der Waals surface area contributed by atoms with Gasteiger partial charge in [-0.1, -0.05) is 60.7 Å². The smallest absolute Gasteiger partial charge is 0.142 e. The molecule has 1 N–H and O–H groups in total. The van der Waals surface area contributed by atoms with Crippen LogP contribution in [0.1, 0.15) is 11.1 Å². The Morgan fingerprint density at radius 3 is 2.15 bits per heavy atom. The molecule has 0 atom stereocenters. The standard InChI is InChI=1S/C23H18N2O/c1-26-20-13-7-6-12-19(20)23-24-21-17-10-4-2-8-15(17)14-16-9-3-5-11-18(16)22(21)25-23/h2-13H,14H2,1H3,(H,24,25). The van der Waals surface area contributed by atoms with Crippen LogP contribution in [-0.4, -0.2) is 17.1 Å². The molecule has 0 fully saturated rings. The van der Waals surface area contributed by atoms with Crippen LogP contribution in [0.3, 0.4) is 0 Å². The van der Waals surface area contributed by atoms with Gasteiger partial charge in [0, 0.05) is 11.1 Å². The zero-order chi connectivity index (χ0) is 17.5. The lowest BCUT2D eigenvalue weighted by molar-refractivity contribution is 0.416. The first kappa shape index (κ1) is 15.0. The van der Waals surface area contributed by atoms with Crippen LogP contribution in [0.4, 0.5) is 0 Å². The number of rotatable bonds is 2. The maximum absolute atomic E-state index is 5.54. The Bertz CT molecular complexity index is 1050. The van der Waals surface area contributed by atoms with Crippen LogP contribution >= 0.6 is 0 Å². The highest BCUT2D eigenvalue weighted by Gasteiger charge is 2.23. The number of hydrogen-bond donors (Lipinski definition) is 1. The van der Waals surface area contributed by atoms with E-state index in [1.807, 2.05) is 24.3 Å². The maximum Gasteiger partial charge on any atom is 0.142 e. The van der Waals surface area contributed by atoms with Gasteiger partial charge in [0.15, 0.2) is 0 Å². The molecule has 1 heterocycles. The summed E-state index contributed by atoms with van der Waals surface area (Å²) < 4.78 is 5.54. The molecule has 1 aromatic heterocycles. The number of nitrogens with one attached hydrogen (secondary N) is 1. The maximum atomic E-state index is 5.54. The van der Waals surface area contributed by atoms with Gasteiger partial charge < -0.3 is 9.72 Å². The summed E-state index contributed by atoms with van der Waals surface area (Å²) in [6.45, 7) is 0. The monoisotopic (exact) mass is 338 g/mol. The van der Waals surface area contributed by atoms with E-state index in [0.29, 0.717) is 0 Å². The van der Waals surface area contributed by atoms with Crippen LogP contribution < -0.4 is 4.74 Å². The molecule has 3 aromatic carbocycles. The average molecular weight is 338 g/mol. The van der Waals surface area contributed by atoms with Crippen molar-refractivity contribution in [2.24, 2.45) is 0 Å². The van der Waals surface area contributed by atoms with Gasteiger partial charge in [-0.2, -0.15) is 0 Å². The number of imidazole rings is 1. The second kappa shape index (κ2) is 5.88. The third-order valence-electron chi connectivity index (χ3n) is 5.01. The first-order valence-electron chi connectivity index (χ1n) is 8.75. The third-order valence-corrected chi connectivity index (χ3v) is 5.01. The van der Waals surface area contributed by atoms with Gasteiger partial charge >= 0.3 is 0 Å². The molecule has 0 bridgehead atoms. The molecular formula is C23H18N2O. The molecule has 126 valence electrons. The van der Waals surface area contributed by atoms with Gasteiger partial charge in [0.25, 0.3) is 0 Å². The Kier molecular flexibility index (Phi) is 3.39. The lowest BCUT2D eigenvalue weighted by Crippen LogP contribution is -1.92. The van der Waals surface area contributed by atoms with Crippen molar-refractivity contribution in [1.82, 2.24) is 9.97 Å². The minimum absolute atomic E-state index is 0.818. The number of para-hydroxylation sites is 1. The van der Waals surface area contributed by atoms with Gasteiger partial charge in [-0.25, -0.2) is 4.98 Å². The van der Waals surface area contributed by atoms with Crippen LogP contribution in [0, 0.1) is 0 Å². The average Bonchev–Trinajstić information content (AvgIpc) is 3.08. The number of aromatic amines is 1. The predicted molar refractivity (Wildman–Crippen MR) is 104 cm³/mol. The van der Waals surface area contributed by atoms with Crippen molar-refractivity contribution in [3.63, 3.8) is 0 Å². The minimum atomic E-state index is 0.818. The second-order valence-electron chi connectivity index (χ2n) is 6.50. The Labute approximate surface area is 152 Å². The summed E-state index contributed by atoms with van der Waals surface area (Å²) >= 11 is 0. The van der Waals surface area contributed by atoms with Gasteiger partial charge in [0.2, 0.25) is 0 Å². The van der Waals surface area contributed by atoms with Gasteiger partial charge in [-0.3, -0.25) is 0 Å². The number of nitrogens with zero attached hydrogens (tertiary/aromatic N) is 1. The first-order valence-corrected chi connectivity index (χ1v) is 8.75. The Morgan fingerprint density at radius 1 is 0.769 bits per heavy atom. The van der Waals surface area contributed by atoms with Crippen LogP contribution in [0.25, 0.3) is 33.9 Å². The van der Waals surface area contributed by atoms with Crippen molar-refractivity contribution in [2.45, 2.75) is 6.42 Å². The van der Waals surface area contributed by atoms with E-state index in [-0.39, 0.29) is 0 Å². The van der Waals surface area contributed by atoms with E-state index >= 15 is 0 Å². The topological polar surface area (TPSA) is 37.9 Å². The third kappa shape index (κ3) is 2.25. The van der Waals surface area contributed by atoms with Crippen molar-refractivity contribution in [3.05, 3.63) is 83.9 Å². The number of H-pyrrole nitrogens is 1. The van der Waals surface area contributed by atoms with Crippen LogP contribution in [0.5, 0.6) is 5.75 Å². The fourth-order valence-electron chi connectivity index (χ4n) is 3.76. The number of aromatic nitrogens is 2. The first-order chi connectivity index (χ1) is 12.8. The summed E-state index contributed by atoms with van der Waals surface area (Å²) in [5.74, 6) is 1.65. The zero-order valence-corrected chi connectivity index (χ0v) is 14.5. The van der Waals surface area contributed by atoms with Crippen LogP contribution in [-0.2, 0) is 6.42 Å². The molecule has 0 saturated carbocycles. The van der Waals surface area contributed by atoms with Gasteiger partial charge in [-0.05, 0) is 29.7 Å². The molecule has 0 aliphatic heterocycles. The van der Waals surface area contributed by atoms with E-state index < -0.39 is 0 Å². The van der Waals surface area contributed by atoms with E-state index in [1.165, 1.54) is 22.3 Å². The Balaban J connectivity index is 1.81. The number of methoxy groups -OCH3 is 1. The van der Waals surface area contributed by atoms with Crippen molar-refractivity contribution in [1.29, 1.82) is 0 Å². The highest BCUT2D eigenvalue weighted by atomic mass is 16.5. The normalized spacial score (nSPS) is 11.9. The van der Waals surface area contributed by atoms with E-state index in [4.69, 9.17) is 9.72 Å². The fourth-order valence-corrected chi connectivity index (χ4v) is 3.76. The Morgan fingerprint density at radius 2 is 1.38 bits per heavy atom. The molecule has 0 amide bonds. The molecule has 4 aromatic rings. The molecule has 1 aliphatic carbocycles. The van der Waals surface area contributed by atoms with Crippen molar-refractivity contribution < 1.29 is 4.74 Å². The summed E-state index contributed by atoms with van der Waals surface area (Å²) in [6, 6.07) is 25.1. The molecule has 1 aliphatic rings. The summed E-state index contributed by atoms with van der Waals surface area (Å²) in [5, 5.41) is 0. The molecule has 0 saturated heterocycles. The summed E-state index contributed by atoms with van der Waals surface area (Å²) in [5.41, 5.74) is 8.07. The molecule has 26 heavy (non-hydrogen) atoms. The van der Waals surface area contributed by atoms with E-state index in [1.54, 1.807) is 7.11 Å². The summed E-state index contributed by atoms with van der Waals surface area (Å²) in [4.78, 5) is 8.56. The zero-order valence-electron chi connectivity index (χ0n) is 14.5. The molecule has 3 nitrogen and oxygen atoms in total. The van der Waals surface area contributed by atoms with Gasteiger partial charge in [0.1, 0.15) is 11.6 Å². The van der Waals surface area contributed by atoms with Crippen LogP contribution in [0.15, 0.2) is 72.8 Å². The quantitative estimate of drug-likeness (QED) is 0.473. The highest BCUT2D eigenvalue weighted by Crippen LogP contribution is 2.41.